The molecule has 1 aromatic rings. The molecule has 1 aromatic carbocycles. The summed E-state index contributed by atoms with van der Waals surface area (Å²) in [6, 6.07) is 7.45. The first-order valence-corrected chi connectivity index (χ1v) is 7.36. The Bertz CT molecular complexity index is 410. The van der Waals surface area contributed by atoms with E-state index in [9.17, 15) is 9.90 Å². The van der Waals surface area contributed by atoms with Gasteiger partial charge in [-0.2, -0.15) is 0 Å². The molecule has 0 radical (unpaired) electrons. The van der Waals surface area contributed by atoms with Crippen molar-refractivity contribution in [2.24, 2.45) is 0 Å². The number of halogens is 1. The molecular weight excluding hydrogens is 270 g/mol. The van der Waals surface area contributed by atoms with E-state index in [1.165, 1.54) is 11.8 Å². The van der Waals surface area contributed by atoms with E-state index in [-0.39, 0.29) is 12.0 Å². The lowest BCUT2D eigenvalue weighted by atomic mass is 10.1. The number of likely N-dealkylation sites (tertiary alicyclic amines) is 1. The Labute approximate surface area is 116 Å². The van der Waals surface area contributed by atoms with Gasteiger partial charge in [-0.25, -0.2) is 0 Å². The molecule has 1 aliphatic rings. The van der Waals surface area contributed by atoms with Crippen molar-refractivity contribution in [1.82, 2.24) is 4.90 Å². The van der Waals surface area contributed by atoms with Gasteiger partial charge in [0.25, 0.3) is 0 Å². The topological polar surface area (TPSA) is 40.5 Å². The summed E-state index contributed by atoms with van der Waals surface area (Å²) in [5.74, 6) is 0.502. The van der Waals surface area contributed by atoms with Gasteiger partial charge in [0.15, 0.2) is 0 Å². The fourth-order valence-corrected chi connectivity index (χ4v) is 2.88. The first-order valence-electron chi connectivity index (χ1n) is 5.99. The van der Waals surface area contributed by atoms with Gasteiger partial charge < -0.3 is 10.0 Å². The summed E-state index contributed by atoms with van der Waals surface area (Å²) >= 11 is 7.30. The monoisotopic (exact) mass is 285 g/mol. The molecule has 0 bridgehead atoms. The van der Waals surface area contributed by atoms with Gasteiger partial charge in [-0.05, 0) is 37.1 Å². The lowest BCUT2D eigenvalue weighted by molar-refractivity contribution is -0.131. The number of aliphatic hydroxyl groups is 1. The van der Waals surface area contributed by atoms with Gasteiger partial charge >= 0.3 is 0 Å². The van der Waals surface area contributed by atoms with Gasteiger partial charge in [-0.1, -0.05) is 11.6 Å². The number of benzene rings is 1. The molecule has 0 saturated carbocycles. The fourth-order valence-electron chi connectivity index (χ4n) is 1.95. The number of aliphatic hydroxyl groups excluding tert-OH is 1. The van der Waals surface area contributed by atoms with Crippen molar-refractivity contribution in [2.75, 3.05) is 18.8 Å². The molecule has 18 heavy (non-hydrogen) atoms. The summed E-state index contributed by atoms with van der Waals surface area (Å²) in [7, 11) is 0. The Morgan fingerprint density at radius 3 is 2.83 bits per heavy atom. The quantitative estimate of drug-likeness (QED) is 0.867. The predicted molar refractivity (Wildman–Crippen MR) is 74.0 cm³/mol. The molecule has 0 aliphatic carbocycles. The van der Waals surface area contributed by atoms with E-state index in [1.54, 1.807) is 4.90 Å². The molecule has 1 heterocycles. The zero-order valence-corrected chi connectivity index (χ0v) is 11.6. The van der Waals surface area contributed by atoms with Crippen molar-refractivity contribution in [2.45, 2.75) is 23.8 Å². The number of carbonyl (C=O) groups excluding carboxylic acids is 1. The van der Waals surface area contributed by atoms with Crippen LogP contribution in [0.4, 0.5) is 0 Å². The lowest BCUT2D eigenvalue weighted by Gasteiger charge is -2.30. The number of piperidine rings is 1. The molecule has 1 atom stereocenters. The van der Waals surface area contributed by atoms with E-state index in [4.69, 9.17) is 11.6 Å². The molecule has 0 aromatic heterocycles. The normalized spacial score (nSPS) is 19.9. The second-order valence-electron chi connectivity index (χ2n) is 4.38. The molecule has 98 valence electrons. The summed E-state index contributed by atoms with van der Waals surface area (Å²) in [5, 5.41) is 10.2. The highest BCUT2D eigenvalue weighted by Gasteiger charge is 2.21. The minimum atomic E-state index is -0.358. The van der Waals surface area contributed by atoms with Crippen molar-refractivity contribution < 1.29 is 9.90 Å². The van der Waals surface area contributed by atoms with Crippen LogP contribution in [0.5, 0.6) is 0 Å². The number of nitrogens with zero attached hydrogens (tertiary/aromatic N) is 1. The van der Waals surface area contributed by atoms with Gasteiger partial charge in [0, 0.05) is 23.0 Å². The van der Waals surface area contributed by atoms with E-state index >= 15 is 0 Å². The third kappa shape index (κ3) is 3.90. The molecule has 0 spiro atoms. The Balaban J connectivity index is 1.82. The second-order valence-corrected chi connectivity index (χ2v) is 5.86. The van der Waals surface area contributed by atoms with E-state index in [0.29, 0.717) is 17.3 Å². The van der Waals surface area contributed by atoms with Crippen LogP contribution < -0.4 is 0 Å². The Morgan fingerprint density at radius 1 is 1.44 bits per heavy atom. The average molecular weight is 286 g/mol. The van der Waals surface area contributed by atoms with Gasteiger partial charge in [0.05, 0.1) is 11.9 Å². The zero-order chi connectivity index (χ0) is 13.0. The number of thioether (sulfide) groups is 1. The Hall–Kier alpha value is -0.710. The van der Waals surface area contributed by atoms with Crippen molar-refractivity contribution in [3.63, 3.8) is 0 Å². The van der Waals surface area contributed by atoms with Crippen LogP contribution in [-0.4, -0.2) is 40.9 Å². The molecule has 5 heteroatoms. The number of amides is 1. The van der Waals surface area contributed by atoms with Crippen molar-refractivity contribution >= 4 is 29.3 Å². The van der Waals surface area contributed by atoms with Crippen molar-refractivity contribution in [1.29, 1.82) is 0 Å². The maximum atomic E-state index is 12.0. The minimum absolute atomic E-state index is 0.0914. The third-order valence-electron chi connectivity index (χ3n) is 2.93. The predicted octanol–water partition coefficient (Wildman–Crippen LogP) is 2.42. The molecule has 2 rings (SSSR count). The molecule has 3 nitrogen and oxygen atoms in total. The van der Waals surface area contributed by atoms with Crippen LogP contribution in [0.25, 0.3) is 0 Å². The highest BCUT2D eigenvalue weighted by atomic mass is 35.5. The molecule has 1 aliphatic heterocycles. The maximum Gasteiger partial charge on any atom is 0.233 e. The van der Waals surface area contributed by atoms with E-state index in [1.807, 2.05) is 24.3 Å². The number of β-amino-alcohol motifs (C(OH)–C–C–N with tert-alkyl or cyclic N) is 1. The van der Waals surface area contributed by atoms with Gasteiger partial charge in [-0.15, -0.1) is 11.8 Å². The summed E-state index contributed by atoms with van der Waals surface area (Å²) in [4.78, 5) is 14.7. The van der Waals surface area contributed by atoms with Crippen LogP contribution in [0.1, 0.15) is 12.8 Å². The number of carbonyl (C=O) groups is 1. The Kier molecular flexibility index (Phi) is 4.92. The third-order valence-corrected chi connectivity index (χ3v) is 4.17. The summed E-state index contributed by atoms with van der Waals surface area (Å²) in [6.07, 6.45) is 1.33. The zero-order valence-electron chi connectivity index (χ0n) is 10.0. The smallest absolute Gasteiger partial charge is 0.233 e. The SMILES string of the molecule is O=C(CSc1ccc(Cl)cc1)N1CCC[C@H](O)C1. The lowest BCUT2D eigenvalue weighted by Crippen LogP contribution is -2.42. The van der Waals surface area contributed by atoms with Gasteiger partial charge in [0.1, 0.15) is 0 Å². The Morgan fingerprint density at radius 2 is 2.17 bits per heavy atom. The van der Waals surface area contributed by atoms with E-state index in [0.717, 1.165) is 24.3 Å². The highest BCUT2D eigenvalue weighted by Crippen LogP contribution is 2.21. The van der Waals surface area contributed by atoms with Crippen molar-refractivity contribution in [3.8, 4) is 0 Å². The van der Waals surface area contributed by atoms with Crippen LogP contribution >= 0.6 is 23.4 Å². The highest BCUT2D eigenvalue weighted by molar-refractivity contribution is 8.00. The van der Waals surface area contributed by atoms with Gasteiger partial charge in [-0.3, -0.25) is 4.79 Å². The summed E-state index contributed by atoms with van der Waals surface area (Å²) in [6.45, 7) is 1.23. The molecule has 1 N–H and O–H groups in total. The number of hydrogen-bond acceptors (Lipinski definition) is 3. The van der Waals surface area contributed by atoms with Crippen LogP contribution in [0.3, 0.4) is 0 Å². The summed E-state index contributed by atoms with van der Waals surface area (Å²) in [5.41, 5.74) is 0. The summed E-state index contributed by atoms with van der Waals surface area (Å²) < 4.78 is 0. The molecule has 1 saturated heterocycles. The molecule has 0 unspecified atom stereocenters. The molecule has 1 fully saturated rings. The van der Waals surface area contributed by atoms with E-state index < -0.39 is 0 Å². The van der Waals surface area contributed by atoms with E-state index in [2.05, 4.69) is 0 Å². The van der Waals surface area contributed by atoms with Crippen LogP contribution in [0.2, 0.25) is 5.02 Å². The number of hydrogen-bond donors (Lipinski definition) is 1. The fraction of sp³-hybridized carbons (Fsp3) is 0.462. The van der Waals surface area contributed by atoms with Crippen LogP contribution in [0, 0.1) is 0 Å². The molecular formula is C13H16ClNO2S. The maximum absolute atomic E-state index is 12.0. The largest absolute Gasteiger partial charge is 0.391 e. The standard InChI is InChI=1S/C13H16ClNO2S/c14-10-3-5-12(6-4-10)18-9-13(17)15-7-1-2-11(16)8-15/h3-6,11,16H,1-2,7-9H2/t11-/m0/s1. The van der Waals surface area contributed by atoms with Gasteiger partial charge in [0.2, 0.25) is 5.91 Å². The second kappa shape index (κ2) is 6.45. The first-order chi connectivity index (χ1) is 8.65. The van der Waals surface area contributed by atoms with Crippen molar-refractivity contribution in [3.05, 3.63) is 29.3 Å². The van der Waals surface area contributed by atoms with Crippen LogP contribution in [-0.2, 0) is 4.79 Å². The minimum Gasteiger partial charge on any atom is -0.391 e. The van der Waals surface area contributed by atoms with Crippen LogP contribution in [0.15, 0.2) is 29.2 Å². The molecule has 1 amide bonds. The number of rotatable bonds is 3. The first kappa shape index (κ1) is 13.7. The average Bonchev–Trinajstić information content (AvgIpc) is 2.38.